The summed E-state index contributed by atoms with van der Waals surface area (Å²) in [5.74, 6) is 0. The highest BCUT2D eigenvalue weighted by atomic mass is 15.2. The Labute approximate surface area is 409 Å². The molecule has 0 fully saturated rings. The van der Waals surface area contributed by atoms with Crippen molar-refractivity contribution in [3.8, 4) is 11.1 Å². The maximum absolute atomic E-state index is 2.70. The molecule has 8 heteroatoms. The predicted octanol–water partition coefficient (Wildman–Crippen LogP) is 10.7. The number of hydrogen-bond acceptors (Lipinski definition) is 5. The van der Waals surface area contributed by atoms with Crippen LogP contribution in [-0.2, 0) is 0 Å². The topological polar surface area (TPSA) is 16.2 Å². The molecule has 16 rings (SSSR count). The fraction of sp³-hybridized carbons (Fsp3) is 0.0323. The molecule has 0 saturated heterocycles. The minimum Gasteiger partial charge on any atom is -0.376 e. The lowest BCUT2D eigenvalue weighted by molar-refractivity contribution is 1.22. The van der Waals surface area contributed by atoms with Crippen LogP contribution < -0.4 is 62.6 Å². The van der Waals surface area contributed by atoms with Gasteiger partial charge in [0.2, 0.25) is 0 Å². The predicted molar refractivity (Wildman–Crippen MR) is 297 cm³/mol. The molecule has 0 aromatic heterocycles. The van der Waals surface area contributed by atoms with E-state index in [1.807, 2.05) is 0 Å². The minimum absolute atomic E-state index is 0.0199. The minimum atomic E-state index is -0.139. The van der Waals surface area contributed by atoms with Gasteiger partial charge < -0.3 is 24.3 Å². The van der Waals surface area contributed by atoms with Crippen molar-refractivity contribution in [2.24, 2.45) is 0 Å². The molecular weight excluding hydrogens is 847 g/mol. The third kappa shape index (κ3) is 4.90. The Morgan fingerprint density at radius 3 is 1.19 bits per heavy atom. The summed E-state index contributed by atoms with van der Waals surface area (Å²) >= 11 is 0. The van der Waals surface area contributed by atoms with Gasteiger partial charge in [-0.1, -0.05) is 145 Å². The largest absolute Gasteiger partial charge is 0.376 e. The molecule has 0 amide bonds. The van der Waals surface area contributed by atoms with Crippen molar-refractivity contribution in [3.05, 3.63) is 230 Å². The number of benzene rings is 10. The Kier molecular flexibility index (Phi) is 7.67. The third-order valence-electron chi connectivity index (χ3n) is 16.0. The Bertz CT molecular complexity index is 3620. The van der Waals surface area contributed by atoms with Crippen LogP contribution in [0.4, 0.5) is 73.9 Å². The first-order valence-electron chi connectivity index (χ1n) is 24.6. The van der Waals surface area contributed by atoms with E-state index >= 15 is 0 Å². The van der Waals surface area contributed by atoms with Gasteiger partial charge in [-0.15, -0.1) is 0 Å². The summed E-state index contributed by atoms with van der Waals surface area (Å²) in [7, 11) is 0. The highest BCUT2D eigenvalue weighted by molar-refractivity contribution is 7.05. The lowest BCUT2D eigenvalue weighted by atomic mass is 9.28. The van der Waals surface area contributed by atoms with Gasteiger partial charge in [0, 0.05) is 73.8 Å². The van der Waals surface area contributed by atoms with Crippen LogP contribution in [0.1, 0.15) is 11.1 Å². The van der Waals surface area contributed by atoms with Gasteiger partial charge in [0.05, 0.1) is 5.69 Å². The SMILES string of the molecule is Cc1ccc2c(c1)B1c3cc(C)ccc3N3c4ccccc4B4c5c6c7c(c1c53)N2c1ccccc1B7N(c1ccccc1)c1cc(N(c2ccccc2)c2ccccc2)cc(c1-6)N4c1ccccc1. The second-order valence-corrected chi connectivity index (χ2v) is 19.7. The summed E-state index contributed by atoms with van der Waals surface area (Å²) in [5.41, 5.74) is 30.4. The highest BCUT2D eigenvalue weighted by Crippen LogP contribution is 2.57. The zero-order valence-corrected chi connectivity index (χ0v) is 38.8. The smallest absolute Gasteiger partial charge is 0.333 e. The van der Waals surface area contributed by atoms with Crippen LogP contribution in [0.25, 0.3) is 11.1 Å². The molecule has 6 aliphatic heterocycles. The third-order valence-corrected chi connectivity index (χ3v) is 16.0. The van der Waals surface area contributed by atoms with Crippen LogP contribution in [0.2, 0.25) is 0 Å². The van der Waals surface area contributed by atoms with Crippen molar-refractivity contribution < 1.29 is 0 Å². The van der Waals surface area contributed by atoms with E-state index in [0.717, 1.165) is 28.4 Å². The quantitative estimate of drug-likeness (QED) is 0.160. The molecule has 10 aromatic carbocycles. The summed E-state index contributed by atoms with van der Waals surface area (Å²) in [4.78, 5) is 13.2. The Hall–Kier alpha value is -8.61. The molecule has 324 valence electrons. The van der Waals surface area contributed by atoms with E-state index in [1.54, 1.807) is 0 Å². The highest BCUT2D eigenvalue weighted by Gasteiger charge is 2.59. The molecule has 0 spiro atoms. The molecule has 0 radical (unpaired) electrons. The van der Waals surface area contributed by atoms with E-state index in [2.05, 4.69) is 257 Å². The molecule has 10 aromatic rings. The molecule has 6 aliphatic rings. The number of anilines is 13. The van der Waals surface area contributed by atoms with Gasteiger partial charge in [0.1, 0.15) is 0 Å². The van der Waals surface area contributed by atoms with Crippen molar-refractivity contribution in [2.45, 2.75) is 13.8 Å². The molecular formula is C62H42B3N5. The summed E-state index contributed by atoms with van der Waals surface area (Å²) in [6.45, 7) is 4.26. The van der Waals surface area contributed by atoms with Crippen LogP contribution >= 0.6 is 0 Å². The second-order valence-electron chi connectivity index (χ2n) is 19.7. The van der Waals surface area contributed by atoms with Crippen LogP contribution in [0.3, 0.4) is 0 Å². The monoisotopic (exact) mass is 889 g/mol. The van der Waals surface area contributed by atoms with Gasteiger partial charge in [0.15, 0.2) is 0 Å². The molecule has 6 heterocycles. The van der Waals surface area contributed by atoms with E-state index in [-0.39, 0.29) is 20.4 Å². The summed E-state index contributed by atoms with van der Waals surface area (Å²) < 4.78 is 0. The van der Waals surface area contributed by atoms with Crippen molar-refractivity contribution in [3.63, 3.8) is 0 Å². The zero-order chi connectivity index (χ0) is 45.9. The number of hydrogen-bond donors (Lipinski definition) is 0. The first kappa shape index (κ1) is 38.4. The molecule has 0 N–H and O–H groups in total. The van der Waals surface area contributed by atoms with E-state index in [9.17, 15) is 0 Å². The Morgan fingerprint density at radius 1 is 0.329 bits per heavy atom. The Morgan fingerprint density at radius 2 is 0.729 bits per heavy atom. The van der Waals surface area contributed by atoms with Crippen LogP contribution in [0.15, 0.2) is 218 Å². The lowest BCUT2D eigenvalue weighted by Crippen LogP contribution is -2.74. The van der Waals surface area contributed by atoms with E-state index < -0.39 is 0 Å². The fourth-order valence-corrected chi connectivity index (χ4v) is 13.5. The van der Waals surface area contributed by atoms with Gasteiger partial charge in [0.25, 0.3) is 6.71 Å². The summed E-state index contributed by atoms with van der Waals surface area (Å²) in [6.07, 6.45) is 0. The fourth-order valence-electron chi connectivity index (χ4n) is 13.5. The maximum Gasteiger partial charge on any atom is 0.333 e. The number of rotatable bonds is 5. The lowest BCUT2D eigenvalue weighted by Gasteiger charge is -2.56. The van der Waals surface area contributed by atoms with Crippen LogP contribution in [-0.4, -0.2) is 20.4 Å². The molecule has 5 nitrogen and oxygen atoms in total. The summed E-state index contributed by atoms with van der Waals surface area (Å²) in [6, 6.07) is 82.1. The first-order valence-corrected chi connectivity index (χ1v) is 24.6. The summed E-state index contributed by atoms with van der Waals surface area (Å²) in [5, 5.41) is 0. The van der Waals surface area contributed by atoms with Gasteiger partial charge in [-0.05, 0) is 143 Å². The van der Waals surface area contributed by atoms with Crippen molar-refractivity contribution in [2.75, 3.05) is 24.3 Å². The molecule has 0 unspecified atom stereocenters. The number of nitrogens with zero attached hydrogens (tertiary/aromatic N) is 5. The van der Waals surface area contributed by atoms with Gasteiger partial charge in [-0.2, -0.15) is 0 Å². The molecule has 0 bridgehead atoms. The van der Waals surface area contributed by atoms with E-state index in [0.29, 0.717) is 0 Å². The van der Waals surface area contributed by atoms with Crippen LogP contribution in [0, 0.1) is 13.8 Å². The first-order chi connectivity index (χ1) is 34.6. The molecule has 0 atom stereocenters. The molecule has 70 heavy (non-hydrogen) atoms. The van der Waals surface area contributed by atoms with Gasteiger partial charge in [-0.3, -0.25) is 0 Å². The maximum atomic E-state index is 2.70. The average Bonchev–Trinajstić information content (AvgIpc) is 3.41. The van der Waals surface area contributed by atoms with Gasteiger partial charge >= 0.3 is 13.7 Å². The molecule has 0 aliphatic carbocycles. The Balaban J connectivity index is 1.14. The van der Waals surface area contributed by atoms with E-state index in [1.165, 1.54) is 106 Å². The van der Waals surface area contributed by atoms with E-state index in [4.69, 9.17) is 0 Å². The van der Waals surface area contributed by atoms with Crippen molar-refractivity contribution in [1.82, 2.24) is 0 Å². The number of fused-ring (bicyclic) bond motifs is 12. The number of aryl methyl sites for hydroxylation is 2. The average molecular weight is 889 g/mol. The standard InChI is InChI=1S/C62H42B3N5/c1-39-31-33-52-48(35-39)63-49-36-40(2)32-34-53(49)68-51-30-18-16-28-47(51)65-59-57-56-54(69(43-23-11-5-12-24-43)64-46-27-15-17-29-50(46)67(52)61(58(57)64)60(63)62(59)68)37-45(38-55(56)70(65)44-25-13-6-14-26-44)66(41-19-7-3-8-20-41)42-21-9-4-10-22-42/h3-38H,1-2H3. The van der Waals surface area contributed by atoms with Gasteiger partial charge in [-0.25, -0.2) is 0 Å². The second kappa shape index (κ2) is 14.0. The van der Waals surface area contributed by atoms with Crippen molar-refractivity contribution >= 4 is 133 Å². The normalized spacial score (nSPS) is 14.2. The van der Waals surface area contributed by atoms with Crippen LogP contribution in [0.5, 0.6) is 0 Å². The molecule has 0 saturated carbocycles. The van der Waals surface area contributed by atoms with Crippen molar-refractivity contribution in [1.29, 1.82) is 0 Å². The zero-order valence-electron chi connectivity index (χ0n) is 38.8. The number of para-hydroxylation sites is 6.